The SMILES string of the molecule is Cc1[nH]nc(N2CC(S(=O)(=O)F)CC2=O)c1Br. The van der Waals surface area contributed by atoms with Crippen LogP contribution in [0.3, 0.4) is 0 Å². The second-order valence-corrected chi connectivity index (χ2v) is 6.20. The molecular weight excluding hydrogens is 317 g/mol. The second kappa shape index (κ2) is 4.05. The van der Waals surface area contributed by atoms with Crippen LogP contribution in [0.1, 0.15) is 12.1 Å². The van der Waals surface area contributed by atoms with Crippen molar-refractivity contribution in [2.45, 2.75) is 18.6 Å². The Hall–Kier alpha value is -0.960. The van der Waals surface area contributed by atoms with E-state index in [1.54, 1.807) is 6.92 Å². The van der Waals surface area contributed by atoms with Gasteiger partial charge in [-0.25, -0.2) is 0 Å². The number of halogens is 2. The highest BCUT2D eigenvalue weighted by Gasteiger charge is 2.40. The summed E-state index contributed by atoms with van der Waals surface area (Å²) in [5.74, 6) is -0.165. The number of nitrogens with one attached hydrogen (secondary N) is 1. The van der Waals surface area contributed by atoms with Gasteiger partial charge >= 0.3 is 10.2 Å². The number of hydrogen-bond donors (Lipinski definition) is 1. The third-order valence-electron chi connectivity index (χ3n) is 2.60. The maximum absolute atomic E-state index is 12.8. The first kappa shape index (κ1) is 12.5. The third-order valence-corrected chi connectivity index (χ3v) is 4.66. The lowest BCUT2D eigenvalue weighted by molar-refractivity contribution is -0.117. The van der Waals surface area contributed by atoms with Gasteiger partial charge in [0.1, 0.15) is 5.25 Å². The molecule has 1 aromatic heterocycles. The minimum Gasteiger partial charge on any atom is -0.293 e. The van der Waals surface area contributed by atoms with Crippen molar-refractivity contribution in [2.75, 3.05) is 11.4 Å². The minimum absolute atomic E-state index is 0.208. The summed E-state index contributed by atoms with van der Waals surface area (Å²) in [5, 5.41) is 5.23. The predicted octanol–water partition coefficient (Wildman–Crippen LogP) is 0.885. The number of aryl methyl sites for hydroxylation is 1. The lowest BCUT2D eigenvalue weighted by atomic mass is 10.4. The maximum atomic E-state index is 12.8. The molecule has 0 saturated carbocycles. The van der Waals surface area contributed by atoms with E-state index >= 15 is 0 Å². The van der Waals surface area contributed by atoms with Gasteiger partial charge in [0.2, 0.25) is 5.91 Å². The van der Waals surface area contributed by atoms with Crippen molar-refractivity contribution in [3.05, 3.63) is 10.2 Å². The van der Waals surface area contributed by atoms with Crippen molar-refractivity contribution in [3.63, 3.8) is 0 Å². The molecule has 2 heterocycles. The molecule has 1 amide bonds. The molecule has 9 heteroatoms. The molecule has 1 aliphatic heterocycles. The number of hydrogen-bond acceptors (Lipinski definition) is 4. The van der Waals surface area contributed by atoms with Gasteiger partial charge in [-0.05, 0) is 22.9 Å². The topological polar surface area (TPSA) is 83.1 Å². The molecule has 1 unspecified atom stereocenters. The third kappa shape index (κ3) is 2.21. The molecule has 17 heavy (non-hydrogen) atoms. The molecule has 0 aliphatic carbocycles. The molecule has 0 spiro atoms. The van der Waals surface area contributed by atoms with E-state index in [0.29, 0.717) is 16.0 Å². The van der Waals surface area contributed by atoms with Crippen LogP contribution in [-0.2, 0) is 15.0 Å². The monoisotopic (exact) mass is 325 g/mol. The molecule has 2 rings (SSSR count). The van der Waals surface area contributed by atoms with E-state index in [4.69, 9.17) is 0 Å². The normalized spacial score (nSPS) is 21.2. The summed E-state index contributed by atoms with van der Waals surface area (Å²) in [7, 11) is -4.70. The number of amides is 1. The lowest BCUT2D eigenvalue weighted by Crippen LogP contribution is -2.27. The summed E-state index contributed by atoms with van der Waals surface area (Å²) in [4.78, 5) is 12.8. The lowest BCUT2D eigenvalue weighted by Gasteiger charge is -2.12. The number of nitrogens with zero attached hydrogens (tertiary/aromatic N) is 2. The molecule has 6 nitrogen and oxygen atoms in total. The van der Waals surface area contributed by atoms with E-state index in [0.717, 1.165) is 4.90 Å². The van der Waals surface area contributed by atoms with E-state index in [1.165, 1.54) is 0 Å². The van der Waals surface area contributed by atoms with Gasteiger partial charge in [-0.1, -0.05) is 0 Å². The van der Waals surface area contributed by atoms with Gasteiger partial charge in [-0.15, -0.1) is 3.89 Å². The van der Waals surface area contributed by atoms with Crippen LogP contribution in [0.2, 0.25) is 0 Å². The molecule has 94 valence electrons. The summed E-state index contributed by atoms with van der Waals surface area (Å²) in [6.45, 7) is 1.53. The number of rotatable bonds is 2. The first-order chi connectivity index (χ1) is 7.80. The van der Waals surface area contributed by atoms with Gasteiger partial charge in [-0.2, -0.15) is 13.5 Å². The quantitative estimate of drug-likeness (QED) is 0.818. The smallest absolute Gasteiger partial charge is 0.293 e. The van der Waals surface area contributed by atoms with Crippen LogP contribution in [-0.4, -0.2) is 36.3 Å². The molecule has 1 aliphatic rings. The highest BCUT2D eigenvalue weighted by molar-refractivity contribution is 9.10. The summed E-state index contributed by atoms with van der Waals surface area (Å²) in [6.07, 6.45) is -0.350. The maximum Gasteiger partial charge on any atom is 0.307 e. The number of carbonyl (C=O) groups is 1. The van der Waals surface area contributed by atoms with Crippen molar-refractivity contribution in [1.29, 1.82) is 0 Å². The molecule has 0 aromatic carbocycles. The van der Waals surface area contributed by atoms with E-state index < -0.39 is 21.4 Å². The van der Waals surface area contributed by atoms with E-state index in [9.17, 15) is 17.1 Å². The Balaban J connectivity index is 2.31. The van der Waals surface area contributed by atoms with Crippen molar-refractivity contribution >= 4 is 37.9 Å². The van der Waals surface area contributed by atoms with Crippen LogP contribution in [0.25, 0.3) is 0 Å². The Morgan fingerprint density at radius 2 is 2.24 bits per heavy atom. The average Bonchev–Trinajstić information content (AvgIpc) is 2.72. The average molecular weight is 326 g/mol. The standard InChI is InChI=1S/C8H9BrFN3O3S/c1-4-7(9)8(12-11-4)13-3-5(2-6(13)14)17(10,15)16/h5H,2-3H2,1H3,(H,11,12). The number of aromatic amines is 1. The van der Waals surface area contributed by atoms with Gasteiger partial charge in [0.15, 0.2) is 5.82 Å². The summed E-state index contributed by atoms with van der Waals surface area (Å²) >= 11 is 3.23. The van der Waals surface area contributed by atoms with E-state index in [2.05, 4.69) is 26.1 Å². The minimum atomic E-state index is -4.70. The molecule has 1 aromatic rings. The first-order valence-corrected chi connectivity index (χ1v) is 6.99. The van der Waals surface area contributed by atoms with E-state index in [1.807, 2.05) is 0 Å². The van der Waals surface area contributed by atoms with Crippen LogP contribution in [0.5, 0.6) is 0 Å². The van der Waals surface area contributed by atoms with Gasteiger partial charge in [0.25, 0.3) is 0 Å². The number of anilines is 1. The Labute approximate surface area is 106 Å². The van der Waals surface area contributed by atoms with Crippen LogP contribution in [0.15, 0.2) is 4.47 Å². The van der Waals surface area contributed by atoms with Gasteiger partial charge in [0, 0.05) is 18.7 Å². The second-order valence-electron chi connectivity index (χ2n) is 3.79. The summed E-state index contributed by atoms with van der Waals surface area (Å²) in [6, 6.07) is 0. The molecule has 1 fully saturated rings. The highest BCUT2D eigenvalue weighted by Crippen LogP contribution is 2.31. The molecule has 1 atom stereocenters. The number of carbonyl (C=O) groups excluding carboxylic acids is 1. The molecule has 0 bridgehead atoms. The van der Waals surface area contributed by atoms with Crippen LogP contribution in [0, 0.1) is 6.92 Å². The zero-order valence-corrected chi connectivity index (χ0v) is 11.2. The highest BCUT2D eigenvalue weighted by atomic mass is 79.9. The Bertz CT molecular complexity index is 571. The summed E-state index contributed by atoms with van der Waals surface area (Å²) in [5.41, 5.74) is 0.708. The Morgan fingerprint density at radius 3 is 2.65 bits per heavy atom. The van der Waals surface area contributed by atoms with Crippen LogP contribution < -0.4 is 4.90 Å². The van der Waals surface area contributed by atoms with Crippen LogP contribution >= 0.6 is 15.9 Å². The van der Waals surface area contributed by atoms with Gasteiger partial charge in [-0.3, -0.25) is 14.8 Å². The van der Waals surface area contributed by atoms with Crippen molar-refractivity contribution in [2.24, 2.45) is 0 Å². The zero-order valence-electron chi connectivity index (χ0n) is 8.77. The largest absolute Gasteiger partial charge is 0.307 e. The number of H-pyrrole nitrogens is 1. The zero-order chi connectivity index (χ0) is 12.8. The fourth-order valence-corrected chi connectivity index (χ4v) is 2.71. The molecular formula is C8H9BrFN3O3S. The van der Waals surface area contributed by atoms with Gasteiger partial charge < -0.3 is 0 Å². The number of aromatic nitrogens is 2. The van der Waals surface area contributed by atoms with Gasteiger partial charge in [0.05, 0.1) is 4.47 Å². The fourth-order valence-electron chi connectivity index (χ4n) is 1.65. The van der Waals surface area contributed by atoms with Crippen molar-refractivity contribution in [3.8, 4) is 0 Å². The van der Waals surface area contributed by atoms with Crippen molar-refractivity contribution in [1.82, 2.24) is 10.2 Å². The Kier molecular flexibility index (Phi) is 2.98. The first-order valence-electron chi connectivity index (χ1n) is 4.75. The predicted molar refractivity (Wildman–Crippen MR) is 61.8 cm³/mol. The van der Waals surface area contributed by atoms with E-state index in [-0.39, 0.29) is 13.0 Å². The molecule has 0 radical (unpaired) electrons. The molecule has 1 N–H and O–H groups in total. The van der Waals surface area contributed by atoms with Crippen LogP contribution in [0.4, 0.5) is 9.70 Å². The molecule has 1 saturated heterocycles. The summed E-state index contributed by atoms with van der Waals surface area (Å²) < 4.78 is 34.9. The Morgan fingerprint density at radius 1 is 1.59 bits per heavy atom. The fraction of sp³-hybridized carbons (Fsp3) is 0.500. The van der Waals surface area contributed by atoms with Crippen molar-refractivity contribution < 1.29 is 17.1 Å².